The number of anilines is 1. The Morgan fingerprint density at radius 1 is 1.21 bits per heavy atom. The number of amides is 1. The van der Waals surface area contributed by atoms with Crippen LogP contribution in [0.1, 0.15) is 35.2 Å². The van der Waals surface area contributed by atoms with Crippen molar-refractivity contribution in [2.24, 2.45) is 0 Å². The van der Waals surface area contributed by atoms with E-state index in [0.29, 0.717) is 30.0 Å². The van der Waals surface area contributed by atoms with E-state index in [-0.39, 0.29) is 16.7 Å². The van der Waals surface area contributed by atoms with Gasteiger partial charge >= 0.3 is 5.97 Å². The van der Waals surface area contributed by atoms with Gasteiger partial charge in [0.25, 0.3) is 11.5 Å². The Kier molecular flexibility index (Phi) is 5.82. The molecule has 10 nitrogen and oxygen atoms in total. The topological polar surface area (TPSA) is 150 Å². The molecule has 0 aliphatic carbocycles. The maximum absolute atomic E-state index is 12.1. The van der Waals surface area contributed by atoms with Gasteiger partial charge in [-0.3, -0.25) is 9.59 Å². The molecule has 0 bridgehead atoms. The Labute approximate surface area is 165 Å². The number of carboxylic acid groups (broad SMARTS) is 1. The SMILES string of the molecule is CC[C@H](NC(=O)c1ccc(NCc2cnc3nc(C)[nH]c(=O)c3n2)cc1)C(=O)O. The van der Waals surface area contributed by atoms with Gasteiger partial charge in [-0.05, 0) is 37.6 Å². The number of carboxylic acids is 1. The van der Waals surface area contributed by atoms with Gasteiger partial charge in [0, 0.05) is 11.3 Å². The maximum atomic E-state index is 12.1. The summed E-state index contributed by atoms with van der Waals surface area (Å²) in [6.07, 6.45) is 1.84. The van der Waals surface area contributed by atoms with Crippen LogP contribution in [0.4, 0.5) is 5.69 Å². The number of nitrogens with zero attached hydrogens (tertiary/aromatic N) is 3. The quantitative estimate of drug-likeness (QED) is 0.466. The highest BCUT2D eigenvalue weighted by Gasteiger charge is 2.18. The molecule has 4 N–H and O–H groups in total. The number of aromatic amines is 1. The molecule has 1 aromatic carbocycles. The second-order valence-electron chi connectivity index (χ2n) is 6.39. The van der Waals surface area contributed by atoms with E-state index in [9.17, 15) is 14.4 Å². The number of benzene rings is 1. The van der Waals surface area contributed by atoms with E-state index in [2.05, 4.69) is 30.6 Å². The van der Waals surface area contributed by atoms with Gasteiger partial charge in [-0.25, -0.2) is 19.7 Å². The fourth-order valence-electron chi connectivity index (χ4n) is 2.66. The van der Waals surface area contributed by atoms with Gasteiger partial charge in [-0.1, -0.05) is 6.92 Å². The summed E-state index contributed by atoms with van der Waals surface area (Å²) in [7, 11) is 0. The molecule has 1 atom stereocenters. The third kappa shape index (κ3) is 4.72. The minimum absolute atomic E-state index is 0.172. The van der Waals surface area contributed by atoms with Crippen molar-refractivity contribution in [1.82, 2.24) is 25.3 Å². The standard InChI is InChI=1S/C19H20N6O4/c1-3-14(19(28)29)25-17(26)11-4-6-12(7-5-11)20-8-13-9-21-16-15(24-13)18(27)23-10(2)22-16/h4-7,9,14,20H,3,8H2,1-2H3,(H,25,26)(H,28,29)(H,21,22,23,27)/t14-/m0/s1. The predicted molar refractivity (Wildman–Crippen MR) is 106 cm³/mol. The van der Waals surface area contributed by atoms with Crippen molar-refractivity contribution < 1.29 is 14.7 Å². The highest BCUT2D eigenvalue weighted by Crippen LogP contribution is 2.12. The zero-order valence-corrected chi connectivity index (χ0v) is 15.9. The number of carbonyl (C=O) groups excluding carboxylic acids is 1. The fraction of sp³-hybridized carbons (Fsp3) is 0.263. The summed E-state index contributed by atoms with van der Waals surface area (Å²) in [6.45, 7) is 3.68. The number of fused-ring (bicyclic) bond motifs is 1. The lowest BCUT2D eigenvalue weighted by Crippen LogP contribution is -2.40. The first-order valence-corrected chi connectivity index (χ1v) is 8.97. The second-order valence-corrected chi connectivity index (χ2v) is 6.39. The molecular formula is C19H20N6O4. The van der Waals surface area contributed by atoms with Crippen LogP contribution in [0, 0.1) is 6.92 Å². The van der Waals surface area contributed by atoms with E-state index in [1.165, 1.54) is 0 Å². The predicted octanol–water partition coefficient (Wildman–Crippen LogP) is 1.23. The largest absolute Gasteiger partial charge is 0.480 e. The van der Waals surface area contributed by atoms with Crippen LogP contribution < -0.4 is 16.2 Å². The van der Waals surface area contributed by atoms with Crippen LogP contribution in [0.3, 0.4) is 0 Å². The normalized spacial score (nSPS) is 11.8. The lowest BCUT2D eigenvalue weighted by Gasteiger charge is -2.12. The third-order valence-electron chi connectivity index (χ3n) is 4.22. The molecule has 1 amide bonds. The monoisotopic (exact) mass is 396 g/mol. The lowest BCUT2D eigenvalue weighted by atomic mass is 10.1. The molecule has 2 aromatic heterocycles. The average molecular weight is 396 g/mol. The molecule has 2 heterocycles. The van der Waals surface area contributed by atoms with Gasteiger partial charge in [-0.2, -0.15) is 0 Å². The van der Waals surface area contributed by atoms with Gasteiger partial charge < -0.3 is 20.7 Å². The number of hydrogen-bond donors (Lipinski definition) is 4. The number of carbonyl (C=O) groups is 2. The Morgan fingerprint density at radius 2 is 1.93 bits per heavy atom. The third-order valence-corrected chi connectivity index (χ3v) is 4.22. The summed E-state index contributed by atoms with van der Waals surface area (Å²) in [5, 5.41) is 14.6. The zero-order valence-electron chi connectivity index (χ0n) is 15.9. The second kappa shape index (κ2) is 8.46. The van der Waals surface area contributed by atoms with Crippen LogP contribution in [0.25, 0.3) is 11.2 Å². The van der Waals surface area contributed by atoms with E-state index < -0.39 is 17.9 Å². The van der Waals surface area contributed by atoms with Gasteiger partial charge in [0.1, 0.15) is 11.9 Å². The summed E-state index contributed by atoms with van der Waals surface area (Å²) in [5.74, 6) is -1.05. The summed E-state index contributed by atoms with van der Waals surface area (Å²) in [5.41, 5.74) is 1.76. The Morgan fingerprint density at radius 3 is 2.59 bits per heavy atom. The molecule has 0 unspecified atom stereocenters. The molecule has 0 fully saturated rings. The summed E-state index contributed by atoms with van der Waals surface area (Å²) in [4.78, 5) is 50.3. The van der Waals surface area contributed by atoms with Crippen molar-refractivity contribution in [3.8, 4) is 0 Å². The van der Waals surface area contributed by atoms with Crippen molar-refractivity contribution in [2.45, 2.75) is 32.9 Å². The van der Waals surface area contributed by atoms with E-state index in [1.807, 2.05) is 0 Å². The van der Waals surface area contributed by atoms with Gasteiger partial charge in [0.15, 0.2) is 11.2 Å². The molecular weight excluding hydrogens is 376 g/mol. The molecule has 3 aromatic rings. The molecule has 0 spiro atoms. The molecule has 29 heavy (non-hydrogen) atoms. The van der Waals surface area contributed by atoms with E-state index in [1.54, 1.807) is 44.3 Å². The molecule has 0 aliphatic rings. The minimum Gasteiger partial charge on any atom is -0.480 e. The molecule has 0 aliphatic heterocycles. The van der Waals surface area contributed by atoms with Crippen molar-refractivity contribution in [2.75, 3.05) is 5.32 Å². The van der Waals surface area contributed by atoms with Crippen molar-refractivity contribution in [3.63, 3.8) is 0 Å². The van der Waals surface area contributed by atoms with Crippen LogP contribution in [0.5, 0.6) is 0 Å². The fourth-order valence-corrected chi connectivity index (χ4v) is 2.66. The number of aryl methyl sites for hydroxylation is 1. The first-order chi connectivity index (χ1) is 13.9. The molecule has 150 valence electrons. The number of H-pyrrole nitrogens is 1. The summed E-state index contributed by atoms with van der Waals surface area (Å²) < 4.78 is 0. The molecule has 3 rings (SSSR count). The van der Waals surface area contributed by atoms with Crippen LogP contribution in [0.2, 0.25) is 0 Å². The number of aromatic nitrogens is 4. The van der Waals surface area contributed by atoms with Crippen molar-refractivity contribution in [1.29, 1.82) is 0 Å². The molecule has 0 saturated carbocycles. The Bertz CT molecular complexity index is 1110. The number of hydrogen-bond acceptors (Lipinski definition) is 7. The Hall–Kier alpha value is -3.82. The highest BCUT2D eigenvalue weighted by atomic mass is 16.4. The van der Waals surface area contributed by atoms with Gasteiger partial charge in [0.2, 0.25) is 0 Å². The minimum atomic E-state index is -1.07. The number of aliphatic carboxylic acids is 1. The maximum Gasteiger partial charge on any atom is 0.326 e. The van der Waals surface area contributed by atoms with E-state index >= 15 is 0 Å². The molecule has 0 saturated heterocycles. The van der Waals surface area contributed by atoms with Crippen LogP contribution in [0.15, 0.2) is 35.3 Å². The van der Waals surface area contributed by atoms with Crippen LogP contribution in [-0.2, 0) is 11.3 Å². The molecule has 10 heteroatoms. The lowest BCUT2D eigenvalue weighted by molar-refractivity contribution is -0.139. The number of nitrogens with one attached hydrogen (secondary N) is 3. The number of rotatable bonds is 7. The zero-order chi connectivity index (χ0) is 21.0. The van der Waals surface area contributed by atoms with Crippen LogP contribution >= 0.6 is 0 Å². The summed E-state index contributed by atoms with van der Waals surface area (Å²) in [6, 6.07) is 5.66. The smallest absolute Gasteiger partial charge is 0.326 e. The van der Waals surface area contributed by atoms with Crippen molar-refractivity contribution >= 4 is 28.7 Å². The van der Waals surface area contributed by atoms with Crippen LogP contribution in [-0.4, -0.2) is 43.0 Å². The first kappa shape index (κ1) is 19.9. The first-order valence-electron chi connectivity index (χ1n) is 8.97. The van der Waals surface area contributed by atoms with Gasteiger partial charge in [-0.15, -0.1) is 0 Å². The average Bonchev–Trinajstić information content (AvgIpc) is 2.70. The van der Waals surface area contributed by atoms with Gasteiger partial charge in [0.05, 0.1) is 18.4 Å². The highest BCUT2D eigenvalue weighted by molar-refractivity contribution is 5.96. The Balaban J connectivity index is 1.66. The van der Waals surface area contributed by atoms with E-state index in [4.69, 9.17) is 5.11 Å². The van der Waals surface area contributed by atoms with Crippen molar-refractivity contribution in [3.05, 3.63) is 57.9 Å². The molecule has 0 radical (unpaired) electrons. The summed E-state index contributed by atoms with van der Waals surface area (Å²) >= 11 is 0. The van der Waals surface area contributed by atoms with E-state index in [0.717, 1.165) is 5.69 Å².